The van der Waals surface area contributed by atoms with Gasteiger partial charge in [0.05, 0.1) is 6.26 Å². The van der Waals surface area contributed by atoms with Crippen LogP contribution in [0, 0.1) is 0 Å². The Bertz CT molecular complexity index is 824. The van der Waals surface area contributed by atoms with Gasteiger partial charge in [0, 0.05) is 19.2 Å². The molecule has 0 spiro atoms. The van der Waals surface area contributed by atoms with Crippen LogP contribution in [0.1, 0.15) is 30.5 Å². The largest absolute Gasteiger partial charge is 0.466 e. The summed E-state index contributed by atoms with van der Waals surface area (Å²) in [6.07, 6.45) is 0.566. The molecule has 28 heavy (non-hydrogen) atoms. The van der Waals surface area contributed by atoms with Crippen molar-refractivity contribution in [2.24, 2.45) is 0 Å². The van der Waals surface area contributed by atoms with Crippen molar-refractivity contribution in [1.29, 1.82) is 0 Å². The molecule has 3 rings (SSSR count). The summed E-state index contributed by atoms with van der Waals surface area (Å²) in [6, 6.07) is 12.2. The fraction of sp³-hybridized carbons (Fsp3) is 0.350. The lowest BCUT2D eigenvalue weighted by Gasteiger charge is -2.26. The first-order chi connectivity index (χ1) is 13.5. The molecule has 1 fully saturated rings. The van der Waals surface area contributed by atoms with Gasteiger partial charge in [-0.3, -0.25) is 9.59 Å². The van der Waals surface area contributed by atoms with E-state index in [2.05, 4.69) is 5.32 Å². The van der Waals surface area contributed by atoms with Gasteiger partial charge in [-0.05, 0) is 24.6 Å². The van der Waals surface area contributed by atoms with Gasteiger partial charge in [0.1, 0.15) is 17.2 Å². The van der Waals surface area contributed by atoms with Crippen molar-refractivity contribution in [1.82, 2.24) is 10.2 Å². The van der Waals surface area contributed by atoms with E-state index < -0.39 is 18.1 Å². The van der Waals surface area contributed by atoms with Crippen molar-refractivity contribution in [3.63, 3.8) is 0 Å². The molecule has 2 amide bonds. The van der Waals surface area contributed by atoms with E-state index in [4.69, 9.17) is 9.15 Å². The van der Waals surface area contributed by atoms with Gasteiger partial charge < -0.3 is 19.4 Å². The first-order valence-electron chi connectivity index (χ1n) is 8.93. The van der Waals surface area contributed by atoms with Crippen LogP contribution in [0.3, 0.4) is 0 Å². The minimum absolute atomic E-state index is 0.255. The summed E-state index contributed by atoms with van der Waals surface area (Å²) < 4.78 is 10.7. The van der Waals surface area contributed by atoms with Crippen LogP contribution in [0.5, 0.6) is 0 Å². The third kappa shape index (κ3) is 4.56. The summed E-state index contributed by atoms with van der Waals surface area (Å²) in [4.78, 5) is 38.4. The standard InChI is InChI=1S/C20H22N2O5S/c1-13(18(24)21-11-15-7-4-3-5-8-15)27-20(25)16-12-28-19(22(16)14(2)23)17-9-6-10-26-17/h3-10,13,16,19H,11-12H2,1-2H3,(H,21,24)/t13-,16-,19-/m1/s1. The van der Waals surface area contributed by atoms with Crippen molar-refractivity contribution in [2.75, 3.05) is 5.75 Å². The van der Waals surface area contributed by atoms with Crippen molar-refractivity contribution < 1.29 is 23.5 Å². The van der Waals surface area contributed by atoms with E-state index in [0.717, 1.165) is 5.56 Å². The van der Waals surface area contributed by atoms with Crippen molar-refractivity contribution in [3.8, 4) is 0 Å². The second-order valence-corrected chi connectivity index (χ2v) is 7.54. The zero-order valence-electron chi connectivity index (χ0n) is 15.7. The highest BCUT2D eigenvalue weighted by Crippen LogP contribution is 2.41. The average molecular weight is 402 g/mol. The monoisotopic (exact) mass is 402 g/mol. The van der Waals surface area contributed by atoms with Crippen LogP contribution in [0.25, 0.3) is 0 Å². The second-order valence-electron chi connectivity index (χ2n) is 6.43. The number of hydrogen-bond donors (Lipinski definition) is 1. The smallest absolute Gasteiger partial charge is 0.330 e. The van der Waals surface area contributed by atoms with Gasteiger partial charge in [0.25, 0.3) is 5.91 Å². The molecule has 1 aliphatic heterocycles. The van der Waals surface area contributed by atoms with Gasteiger partial charge in [-0.25, -0.2) is 4.79 Å². The summed E-state index contributed by atoms with van der Waals surface area (Å²) >= 11 is 1.43. The number of amides is 2. The Kier molecular flexibility index (Phi) is 6.41. The molecule has 1 N–H and O–H groups in total. The van der Waals surface area contributed by atoms with Gasteiger partial charge in [-0.2, -0.15) is 0 Å². The van der Waals surface area contributed by atoms with Crippen molar-refractivity contribution in [3.05, 3.63) is 60.1 Å². The third-order valence-electron chi connectivity index (χ3n) is 4.39. The molecule has 1 aliphatic rings. The molecule has 7 nitrogen and oxygen atoms in total. The van der Waals surface area contributed by atoms with Gasteiger partial charge >= 0.3 is 5.97 Å². The predicted molar refractivity (Wildman–Crippen MR) is 104 cm³/mol. The van der Waals surface area contributed by atoms with E-state index in [0.29, 0.717) is 18.1 Å². The van der Waals surface area contributed by atoms with E-state index in [9.17, 15) is 14.4 Å². The quantitative estimate of drug-likeness (QED) is 0.747. The topological polar surface area (TPSA) is 88.8 Å². The molecule has 1 aromatic heterocycles. The second kappa shape index (κ2) is 8.97. The maximum absolute atomic E-state index is 12.6. The zero-order chi connectivity index (χ0) is 20.1. The lowest BCUT2D eigenvalue weighted by Crippen LogP contribution is -2.45. The van der Waals surface area contributed by atoms with Gasteiger partial charge in [0.15, 0.2) is 6.10 Å². The Balaban J connectivity index is 1.58. The van der Waals surface area contributed by atoms with Gasteiger partial charge in [0.2, 0.25) is 5.91 Å². The molecular weight excluding hydrogens is 380 g/mol. The molecule has 0 unspecified atom stereocenters. The zero-order valence-corrected chi connectivity index (χ0v) is 16.5. The van der Waals surface area contributed by atoms with Crippen LogP contribution in [-0.2, 0) is 25.7 Å². The van der Waals surface area contributed by atoms with Crippen LogP contribution in [0.4, 0.5) is 0 Å². The maximum atomic E-state index is 12.6. The number of hydrogen-bond acceptors (Lipinski definition) is 6. The molecule has 8 heteroatoms. The van der Waals surface area contributed by atoms with Gasteiger partial charge in [-0.1, -0.05) is 30.3 Å². The third-order valence-corrected chi connectivity index (χ3v) is 5.68. The summed E-state index contributed by atoms with van der Waals surface area (Å²) in [7, 11) is 0. The van der Waals surface area contributed by atoms with Crippen LogP contribution in [-0.4, -0.2) is 40.6 Å². The summed E-state index contributed by atoms with van der Waals surface area (Å²) in [5.41, 5.74) is 0.950. The average Bonchev–Trinajstić information content (AvgIpc) is 3.35. The highest BCUT2D eigenvalue weighted by molar-refractivity contribution is 7.99. The van der Waals surface area contributed by atoms with E-state index >= 15 is 0 Å². The van der Waals surface area contributed by atoms with E-state index in [-0.39, 0.29) is 17.2 Å². The number of ether oxygens (including phenoxy) is 1. The molecule has 2 aromatic rings. The van der Waals surface area contributed by atoms with Crippen LogP contribution in [0.2, 0.25) is 0 Å². The normalized spacial score (nSPS) is 19.9. The molecule has 148 valence electrons. The molecule has 0 aliphatic carbocycles. The minimum Gasteiger partial charge on any atom is -0.466 e. The molecular formula is C20H22N2O5S. The molecule has 3 atom stereocenters. The number of benzene rings is 1. The highest BCUT2D eigenvalue weighted by atomic mass is 32.2. The van der Waals surface area contributed by atoms with E-state index in [1.54, 1.807) is 12.1 Å². The van der Waals surface area contributed by atoms with Crippen LogP contribution < -0.4 is 5.32 Å². The first-order valence-corrected chi connectivity index (χ1v) is 9.98. The van der Waals surface area contributed by atoms with Crippen LogP contribution in [0.15, 0.2) is 53.1 Å². The molecule has 0 bridgehead atoms. The summed E-state index contributed by atoms with van der Waals surface area (Å²) in [5.74, 6) is -0.264. The Labute approximate surface area is 167 Å². The fourth-order valence-electron chi connectivity index (χ4n) is 2.96. The molecule has 0 radical (unpaired) electrons. The lowest BCUT2D eigenvalue weighted by atomic mass is 10.2. The van der Waals surface area contributed by atoms with Gasteiger partial charge in [-0.15, -0.1) is 11.8 Å². The first kappa shape index (κ1) is 20.0. The summed E-state index contributed by atoms with van der Waals surface area (Å²) in [6.45, 7) is 3.27. The Morgan fingerprint density at radius 3 is 2.64 bits per heavy atom. The maximum Gasteiger partial charge on any atom is 0.330 e. The SMILES string of the molecule is CC(=O)N1[C@@H](C(=O)O[C@H](C)C(=O)NCc2ccccc2)CS[C@@H]1c1ccco1. The number of thioether (sulfide) groups is 1. The lowest BCUT2D eigenvalue weighted by molar-refractivity contribution is -0.161. The number of nitrogens with one attached hydrogen (secondary N) is 1. The predicted octanol–water partition coefficient (Wildman–Crippen LogP) is 2.49. The Morgan fingerprint density at radius 2 is 2.00 bits per heavy atom. The minimum atomic E-state index is -0.960. The molecule has 1 saturated heterocycles. The van der Waals surface area contributed by atoms with Crippen molar-refractivity contribution >= 4 is 29.5 Å². The number of carbonyl (C=O) groups is 3. The number of nitrogens with zero attached hydrogens (tertiary/aromatic N) is 1. The van der Waals surface area contributed by atoms with Crippen molar-refractivity contribution in [2.45, 2.75) is 37.9 Å². The summed E-state index contributed by atoms with van der Waals surface area (Å²) in [5, 5.41) is 2.36. The van der Waals surface area contributed by atoms with E-state index in [1.807, 2.05) is 30.3 Å². The molecule has 2 heterocycles. The Hall–Kier alpha value is -2.74. The van der Waals surface area contributed by atoms with Crippen LogP contribution >= 0.6 is 11.8 Å². The fourth-order valence-corrected chi connectivity index (χ4v) is 4.37. The Morgan fingerprint density at radius 1 is 1.25 bits per heavy atom. The van der Waals surface area contributed by atoms with E-state index in [1.165, 1.54) is 36.8 Å². The number of carbonyl (C=O) groups excluding carboxylic acids is 3. The number of rotatable bonds is 6. The highest BCUT2D eigenvalue weighted by Gasteiger charge is 2.43. The molecule has 0 saturated carbocycles. The number of furan rings is 1. The molecule has 1 aromatic carbocycles. The number of esters is 1.